The van der Waals surface area contributed by atoms with E-state index in [-0.39, 0.29) is 5.69 Å². The van der Waals surface area contributed by atoms with Crippen molar-refractivity contribution < 1.29 is 14.4 Å². The Balaban J connectivity index is 2.34. The molecule has 0 aliphatic heterocycles. The molecule has 1 heterocycles. The second-order valence-electron chi connectivity index (χ2n) is 4.07. The van der Waals surface area contributed by atoms with Crippen LogP contribution < -0.4 is 16.8 Å². The number of hydrogen-bond acceptors (Lipinski definition) is 3. The number of primary amides is 2. The summed E-state index contributed by atoms with van der Waals surface area (Å²) in [5, 5.41) is 2.98. The number of H-pyrrole nitrogens is 1. The molecule has 1 aromatic heterocycles. The zero-order valence-electron chi connectivity index (χ0n) is 10.1. The van der Waals surface area contributed by atoms with Gasteiger partial charge in [-0.05, 0) is 22.0 Å². The lowest BCUT2D eigenvalue weighted by Crippen LogP contribution is -2.52. The summed E-state index contributed by atoms with van der Waals surface area (Å²) in [6.45, 7) is 0. The number of aromatic amines is 1. The third-order valence-corrected chi connectivity index (χ3v) is 3.54. The molecule has 104 valence electrons. The summed E-state index contributed by atoms with van der Waals surface area (Å²) in [5.41, 5.74) is 10.9. The molecular weight excluding hydrogens is 328 g/mol. The van der Waals surface area contributed by atoms with Gasteiger partial charge in [0.05, 0.1) is 4.47 Å². The maximum Gasteiger partial charge on any atom is 0.269 e. The molecule has 0 bridgehead atoms. The molecule has 3 amide bonds. The molecule has 0 fully saturated rings. The first-order valence-electron chi connectivity index (χ1n) is 5.57. The zero-order chi connectivity index (χ0) is 14.9. The SMILES string of the molecule is NC(=O)C(NC(=O)c1[nH]c2ccccc2c1Br)C(N)=O. The molecule has 7 nitrogen and oxygen atoms in total. The van der Waals surface area contributed by atoms with Crippen molar-refractivity contribution in [2.24, 2.45) is 11.5 Å². The van der Waals surface area contributed by atoms with Crippen molar-refractivity contribution in [1.29, 1.82) is 0 Å². The monoisotopic (exact) mass is 338 g/mol. The predicted molar refractivity (Wildman–Crippen MR) is 75.6 cm³/mol. The van der Waals surface area contributed by atoms with Gasteiger partial charge in [-0.3, -0.25) is 14.4 Å². The van der Waals surface area contributed by atoms with Gasteiger partial charge in [0, 0.05) is 10.9 Å². The number of benzene rings is 1. The van der Waals surface area contributed by atoms with Gasteiger partial charge in [0.25, 0.3) is 5.91 Å². The molecule has 0 spiro atoms. The van der Waals surface area contributed by atoms with Gasteiger partial charge in [0.2, 0.25) is 11.8 Å². The molecule has 0 saturated carbocycles. The lowest BCUT2D eigenvalue weighted by atomic mass is 10.2. The Morgan fingerprint density at radius 3 is 2.30 bits per heavy atom. The maximum atomic E-state index is 12.1. The lowest BCUT2D eigenvalue weighted by Gasteiger charge is -2.11. The normalized spacial score (nSPS) is 10.7. The van der Waals surface area contributed by atoms with Crippen molar-refractivity contribution in [2.45, 2.75) is 6.04 Å². The van der Waals surface area contributed by atoms with Crippen LogP contribution in [0.15, 0.2) is 28.7 Å². The number of nitrogens with two attached hydrogens (primary N) is 2. The van der Waals surface area contributed by atoms with Crippen LogP contribution in [-0.2, 0) is 9.59 Å². The van der Waals surface area contributed by atoms with E-state index < -0.39 is 23.8 Å². The first-order chi connectivity index (χ1) is 9.41. The number of halogens is 1. The summed E-state index contributed by atoms with van der Waals surface area (Å²) in [6, 6.07) is 5.67. The van der Waals surface area contributed by atoms with Crippen LogP contribution in [0.5, 0.6) is 0 Å². The van der Waals surface area contributed by atoms with E-state index in [1.807, 2.05) is 18.2 Å². The number of amides is 3. The molecule has 20 heavy (non-hydrogen) atoms. The highest BCUT2D eigenvalue weighted by Crippen LogP contribution is 2.27. The van der Waals surface area contributed by atoms with Crippen LogP contribution in [0.4, 0.5) is 0 Å². The van der Waals surface area contributed by atoms with Gasteiger partial charge in [-0.2, -0.15) is 0 Å². The fourth-order valence-electron chi connectivity index (χ4n) is 1.75. The highest BCUT2D eigenvalue weighted by molar-refractivity contribution is 9.10. The molecular formula is C12H11BrN4O3. The number of carbonyl (C=O) groups is 3. The average molecular weight is 339 g/mol. The summed E-state index contributed by atoms with van der Waals surface area (Å²) in [4.78, 5) is 37.0. The van der Waals surface area contributed by atoms with Gasteiger partial charge in [0.1, 0.15) is 5.69 Å². The Morgan fingerprint density at radius 2 is 1.75 bits per heavy atom. The van der Waals surface area contributed by atoms with Crippen LogP contribution in [0, 0.1) is 0 Å². The van der Waals surface area contributed by atoms with Crippen molar-refractivity contribution in [3.8, 4) is 0 Å². The zero-order valence-corrected chi connectivity index (χ0v) is 11.7. The van der Waals surface area contributed by atoms with Gasteiger partial charge in [-0.25, -0.2) is 0 Å². The maximum absolute atomic E-state index is 12.1. The third-order valence-electron chi connectivity index (χ3n) is 2.71. The Hall–Kier alpha value is -2.35. The van der Waals surface area contributed by atoms with E-state index in [1.165, 1.54) is 0 Å². The number of fused-ring (bicyclic) bond motifs is 1. The van der Waals surface area contributed by atoms with Crippen molar-refractivity contribution in [2.75, 3.05) is 0 Å². The van der Waals surface area contributed by atoms with Gasteiger partial charge in [0.15, 0.2) is 6.04 Å². The van der Waals surface area contributed by atoms with E-state index in [0.717, 1.165) is 10.9 Å². The minimum absolute atomic E-state index is 0.179. The van der Waals surface area contributed by atoms with Crippen LogP contribution in [0.3, 0.4) is 0 Å². The number of carbonyl (C=O) groups excluding carboxylic acids is 3. The Labute approximate surface area is 121 Å². The molecule has 0 aliphatic rings. The van der Waals surface area contributed by atoms with E-state index in [1.54, 1.807) is 6.07 Å². The summed E-state index contributed by atoms with van der Waals surface area (Å²) in [7, 11) is 0. The standard InChI is InChI=1S/C12H11BrN4O3/c13-7-5-3-1-2-4-6(5)16-8(7)12(20)17-9(10(14)18)11(15)19/h1-4,9,16H,(H2,14,18)(H2,15,19)(H,17,20). The van der Waals surface area contributed by atoms with Crippen LogP contribution in [0.1, 0.15) is 10.5 Å². The number of aromatic nitrogens is 1. The van der Waals surface area contributed by atoms with Crippen LogP contribution in [-0.4, -0.2) is 28.7 Å². The highest BCUT2D eigenvalue weighted by Gasteiger charge is 2.26. The predicted octanol–water partition coefficient (Wildman–Crippen LogP) is -0.000600. The van der Waals surface area contributed by atoms with E-state index in [0.29, 0.717) is 4.47 Å². The van der Waals surface area contributed by atoms with E-state index in [4.69, 9.17) is 11.5 Å². The van der Waals surface area contributed by atoms with Crippen molar-refractivity contribution in [3.63, 3.8) is 0 Å². The van der Waals surface area contributed by atoms with Crippen molar-refractivity contribution in [3.05, 3.63) is 34.4 Å². The molecule has 1 aromatic carbocycles. The molecule has 0 unspecified atom stereocenters. The number of rotatable bonds is 4. The number of nitrogens with one attached hydrogen (secondary N) is 2. The number of hydrogen-bond donors (Lipinski definition) is 4. The minimum Gasteiger partial charge on any atom is -0.367 e. The molecule has 0 atom stereocenters. The van der Waals surface area contributed by atoms with E-state index >= 15 is 0 Å². The second kappa shape index (κ2) is 5.33. The summed E-state index contributed by atoms with van der Waals surface area (Å²) in [6.07, 6.45) is 0. The Morgan fingerprint density at radius 1 is 1.15 bits per heavy atom. The summed E-state index contributed by atoms with van der Waals surface area (Å²) >= 11 is 3.29. The van der Waals surface area contributed by atoms with Gasteiger partial charge < -0.3 is 21.8 Å². The molecule has 2 aromatic rings. The van der Waals surface area contributed by atoms with Gasteiger partial charge in [-0.15, -0.1) is 0 Å². The number of para-hydroxylation sites is 1. The molecule has 0 saturated heterocycles. The molecule has 0 aliphatic carbocycles. The van der Waals surface area contributed by atoms with Crippen LogP contribution >= 0.6 is 15.9 Å². The first-order valence-corrected chi connectivity index (χ1v) is 6.37. The van der Waals surface area contributed by atoms with Crippen LogP contribution in [0.2, 0.25) is 0 Å². The first kappa shape index (κ1) is 14.1. The summed E-state index contributed by atoms with van der Waals surface area (Å²) in [5.74, 6) is -2.69. The molecule has 0 radical (unpaired) electrons. The highest BCUT2D eigenvalue weighted by atomic mass is 79.9. The van der Waals surface area contributed by atoms with Crippen molar-refractivity contribution in [1.82, 2.24) is 10.3 Å². The van der Waals surface area contributed by atoms with Gasteiger partial charge in [-0.1, -0.05) is 18.2 Å². The van der Waals surface area contributed by atoms with Gasteiger partial charge >= 0.3 is 0 Å². The molecule has 2 rings (SSSR count). The van der Waals surface area contributed by atoms with E-state index in [9.17, 15) is 14.4 Å². The summed E-state index contributed by atoms with van der Waals surface area (Å²) < 4.78 is 0.526. The molecule has 8 heteroatoms. The Bertz CT molecular complexity index is 696. The van der Waals surface area contributed by atoms with Crippen LogP contribution in [0.25, 0.3) is 10.9 Å². The second-order valence-corrected chi connectivity index (χ2v) is 4.86. The topological polar surface area (TPSA) is 131 Å². The Kier molecular flexibility index (Phi) is 3.75. The largest absolute Gasteiger partial charge is 0.367 e. The fraction of sp³-hybridized carbons (Fsp3) is 0.0833. The smallest absolute Gasteiger partial charge is 0.269 e. The minimum atomic E-state index is -1.55. The lowest BCUT2D eigenvalue weighted by molar-refractivity contribution is -0.128. The molecule has 6 N–H and O–H groups in total. The third kappa shape index (κ3) is 2.50. The fourth-order valence-corrected chi connectivity index (χ4v) is 2.37. The quantitative estimate of drug-likeness (QED) is 0.585. The average Bonchev–Trinajstić information content (AvgIpc) is 2.73. The van der Waals surface area contributed by atoms with E-state index in [2.05, 4.69) is 26.2 Å². The van der Waals surface area contributed by atoms with Crippen molar-refractivity contribution >= 4 is 44.6 Å².